The summed E-state index contributed by atoms with van der Waals surface area (Å²) in [6.07, 6.45) is -1.54. The van der Waals surface area contributed by atoms with E-state index < -0.39 is 12.4 Å². The third-order valence-electron chi connectivity index (χ3n) is 3.23. The highest BCUT2D eigenvalue weighted by Crippen LogP contribution is 2.28. The summed E-state index contributed by atoms with van der Waals surface area (Å²) in [7, 11) is 0. The van der Waals surface area contributed by atoms with E-state index in [1.165, 1.54) is 30.4 Å². The molecule has 11 heteroatoms. The molecule has 0 aliphatic carbocycles. The summed E-state index contributed by atoms with van der Waals surface area (Å²) in [5, 5.41) is 13.8. The molecule has 0 fully saturated rings. The number of hydrogen-bond donors (Lipinski definition) is 2. The summed E-state index contributed by atoms with van der Waals surface area (Å²) in [6, 6.07) is 6.72. The lowest BCUT2D eigenvalue weighted by Gasteiger charge is -2.12. The van der Waals surface area contributed by atoms with Gasteiger partial charge in [-0.2, -0.15) is 0 Å². The van der Waals surface area contributed by atoms with Crippen LogP contribution in [0.2, 0.25) is 0 Å². The van der Waals surface area contributed by atoms with Crippen LogP contribution in [0.5, 0.6) is 5.75 Å². The Morgan fingerprint density at radius 1 is 1.11 bits per heavy atom. The molecule has 7 nitrogen and oxygen atoms in total. The van der Waals surface area contributed by atoms with Gasteiger partial charge in [0.25, 0.3) is 0 Å². The minimum absolute atomic E-state index is 0.223. The quantitative estimate of drug-likeness (QED) is 0.681. The molecule has 3 aromatic rings. The number of aromatic nitrogens is 3. The average molecular weight is 395 g/mol. The van der Waals surface area contributed by atoms with Crippen molar-refractivity contribution in [2.75, 3.05) is 10.6 Å². The number of aryl methyl sites for hydroxylation is 1. The largest absolute Gasteiger partial charge is 0.573 e. The van der Waals surface area contributed by atoms with Gasteiger partial charge < -0.3 is 10.1 Å². The van der Waals surface area contributed by atoms with Crippen molar-refractivity contribution in [1.29, 1.82) is 0 Å². The zero-order valence-corrected chi connectivity index (χ0v) is 14.6. The Labute approximate surface area is 155 Å². The van der Waals surface area contributed by atoms with Gasteiger partial charge in [-0.05, 0) is 42.8 Å². The third kappa shape index (κ3) is 5.14. The molecule has 0 saturated carbocycles. The number of anilines is 2. The average Bonchev–Trinajstić information content (AvgIpc) is 3.05. The van der Waals surface area contributed by atoms with Gasteiger partial charge in [-0.25, -0.2) is 4.79 Å². The lowest BCUT2D eigenvalue weighted by Crippen LogP contribution is -2.20. The highest BCUT2D eigenvalue weighted by atomic mass is 32.1. The zero-order chi connectivity index (χ0) is 19.4. The van der Waals surface area contributed by atoms with E-state index in [-0.39, 0.29) is 16.4 Å². The second kappa shape index (κ2) is 7.58. The summed E-state index contributed by atoms with van der Waals surface area (Å²) >= 11 is 1.17. The van der Waals surface area contributed by atoms with Crippen LogP contribution in [0.3, 0.4) is 0 Å². The van der Waals surface area contributed by atoms with Gasteiger partial charge in [0.05, 0.1) is 0 Å². The van der Waals surface area contributed by atoms with Crippen molar-refractivity contribution in [3.63, 3.8) is 0 Å². The Morgan fingerprint density at radius 3 is 2.52 bits per heavy atom. The van der Waals surface area contributed by atoms with E-state index in [1.54, 1.807) is 24.5 Å². The number of benzene rings is 1. The van der Waals surface area contributed by atoms with Crippen molar-refractivity contribution in [3.8, 4) is 16.3 Å². The molecule has 3 rings (SSSR count). The molecule has 0 radical (unpaired) electrons. The monoisotopic (exact) mass is 395 g/mol. The fourth-order valence-electron chi connectivity index (χ4n) is 2.11. The van der Waals surface area contributed by atoms with Crippen LogP contribution in [-0.2, 0) is 0 Å². The highest BCUT2D eigenvalue weighted by molar-refractivity contribution is 7.18. The molecule has 0 spiro atoms. The van der Waals surface area contributed by atoms with Crippen LogP contribution in [0.15, 0.2) is 42.7 Å². The van der Waals surface area contributed by atoms with Gasteiger partial charge in [-0.3, -0.25) is 10.3 Å². The summed E-state index contributed by atoms with van der Waals surface area (Å²) in [5.74, 6) is -0.334. The van der Waals surface area contributed by atoms with E-state index >= 15 is 0 Å². The molecule has 2 amide bonds. The molecular formula is C16H12F3N5O2S. The van der Waals surface area contributed by atoms with Gasteiger partial charge in [0.2, 0.25) is 5.13 Å². The van der Waals surface area contributed by atoms with Crippen molar-refractivity contribution in [2.45, 2.75) is 13.3 Å². The first kappa shape index (κ1) is 18.6. The number of alkyl halides is 3. The smallest absolute Gasteiger partial charge is 0.406 e. The number of hydrogen-bond acceptors (Lipinski definition) is 6. The highest BCUT2D eigenvalue weighted by Gasteiger charge is 2.31. The van der Waals surface area contributed by atoms with Crippen molar-refractivity contribution in [3.05, 3.63) is 48.3 Å². The van der Waals surface area contributed by atoms with Gasteiger partial charge in [0, 0.05) is 23.6 Å². The van der Waals surface area contributed by atoms with Gasteiger partial charge in [-0.1, -0.05) is 11.3 Å². The molecular weight excluding hydrogens is 383 g/mol. The number of nitrogens with zero attached hydrogens (tertiary/aromatic N) is 3. The maximum atomic E-state index is 12.3. The Kier molecular flexibility index (Phi) is 5.21. The fourth-order valence-corrected chi connectivity index (χ4v) is 2.85. The van der Waals surface area contributed by atoms with Crippen molar-refractivity contribution < 1.29 is 22.7 Å². The summed E-state index contributed by atoms with van der Waals surface area (Å²) in [6.45, 7) is 1.44. The molecule has 0 aliphatic heterocycles. The van der Waals surface area contributed by atoms with E-state index in [0.29, 0.717) is 10.7 Å². The van der Waals surface area contributed by atoms with E-state index in [9.17, 15) is 18.0 Å². The standard InChI is InChI=1S/C16H12F3N5O2S/c1-9-8-11(2-3-12(9)26-16(17,18)19)21-14(25)22-15-24-23-13(27-15)10-4-6-20-7-5-10/h2-8H,1H3,(H2,21,22,24,25). The normalized spacial score (nSPS) is 11.1. The predicted molar refractivity (Wildman–Crippen MR) is 93.6 cm³/mol. The number of amides is 2. The first-order valence-corrected chi connectivity index (χ1v) is 8.30. The molecule has 2 aromatic heterocycles. The Morgan fingerprint density at radius 2 is 1.85 bits per heavy atom. The predicted octanol–water partition coefficient (Wildman–Crippen LogP) is 4.45. The van der Waals surface area contributed by atoms with Crippen LogP contribution in [0.25, 0.3) is 10.6 Å². The van der Waals surface area contributed by atoms with E-state index in [2.05, 4.69) is 30.6 Å². The van der Waals surface area contributed by atoms with E-state index in [4.69, 9.17) is 0 Å². The van der Waals surface area contributed by atoms with E-state index in [1.807, 2.05) is 0 Å². The topological polar surface area (TPSA) is 89.0 Å². The Bertz CT molecular complexity index is 947. The molecule has 0 aliphatic rings. The van der Waals surface area contributed by atoms with Crippen LogP contribution in [0, 0.1) is 6.92 Å². The number of carbonyl (C=O) groups is 1. The zero-order valence-electron chi connectivity index (χ0n) is 13.7. The number of ether oxygens (including phenoxy) is 1. The first-order valence-electron chi connectivity index (χ1n) is 7.48. The maximum Gasteiger partial charge on any atom is 0.573 e. The lowest BCUT2D eigenvalue weighted by molar-refractivity contribution is -0.274. The second-order valence-corrected chi connectivity index (χ2v) is 6.23. The van der Waals surface area contributed by atoms with Crippen LogP contribution in [0.4, 0.5) is 28.8 Å². The molecule has 2 N–H and O–H groups in total. The van der Waals surface area contributed by atoms with Crippen molar-refractivity contribution >= 4 is 28.2 Å². The summed E-state index contributed by atoms with van der Waals surface area (Å²) in [4.78, 5) is 16.0. The number of urea groups is 1. The lowest BCUT2D eigenvalue weighted by atomic mass is 10.2. The molecule has 0 unspecified atom stereocenters. The van der Waals surface area contributed by atoms with Crippen LogP contribution < -0.4 is 15.4 Å². The van der Waals surface area contributed by atoms with Gasteiger partial charge in [-0.15, -0.1) is 23.4 Å². The minimum atomic E-state index is -4.78. The third-order valence-corrected chi connectivity index (χ3v) is 4.12. The number of rotatable bonds is 4. The molecule has 27 heavy (non-hydrogen) atoms. The number of halogens is 3. The minimum Gasteiger partial charge on any atom is -0.406 e. The summed E-state index contributed by atoms with van der Waals surface area (Å²) in [5.41, 5.74) is 1.34. The SMILES string of the molecule is Cc1cc(NC(=O)Nc2nnc(-c3ccncc3)s2)ccc1OC(F)(F)F. The molecule has 140 valence electrons. The molecule has 0 bridgehead atoms. The number of nitrogens with one attached hydrogen (secondary N) is 2. The van der Waals surface area contributed by atoms with Crippen molar-refractivity contribution in [2.24, 2.45) is 0 Å². The Hall–Kier alpha value is -3.21. The molecule has 2 heterocycles. The van der Waals surface area contributed by atoms with Crippen molar-refractivity contribution in [1.82, 2.24) is 15.2 Å². The van der Waals surface area contributed by atoms with Crippen LogP contribution in [-0.4, -0.2) is 27.6 Å². The summed E-state index contributed by atoms with van der Waals surface area (Å²) < 4.78 is 40.7. The number of carbonyl (C=O) groups excluding carboxylic acids is 1. The van der Waals surface area contributed by atoms with Gasteiger partial charge in [0.1, 0.15) is 10.8 Å². The number of pyridine rings is 1. The molecule has 0 atom stereocenters. The first-order chi connectivity index (χ1) is 12.8. The fraction of sp³-hybridized carbons (Fsp3) is 0.125. The maximum absolute atomic E-state index is 12.3. The van der Waals surface area contributed by atoms with Gasteiger partial charge >= 0.3 is 12.4 Å². The van der Waals surface area contributed by atoms with Gasteiger partial charge in [0.15, 0.2) is 0 Å². The molecule has 1 aromatic carbocycles. The molecule has 0 saturated heterocycles. The second-order valence-electron chi connectivity index (χ2n) is 5.26. The van der Waals surface area contributed by atoms with Crippen LogP contribution in [0.1, 0.15) is 5.56 Å². The van der Waals surface area contributed by atoms with E-state index in [0.717, 1.165) is 11.6 Å². The van der Waals surface area contributed by atoms with Crippen LogP contribution >= 0.6 is 11.3 Å². The Balaban J connectivity index is 1.63.